The van der Waals surface area contributed by atoms with E-state index >= 15 is 0 Å². The minimum atomic E-state index is -0.0294. The number of pyridine rings is 1. The Bertz CT molecular complexity index is 1370. The molecule has 0 unspecified atom stereocenters. The van der Waals surface area contributed by atoms with Crippen molar-refractivity contribution in [1.82, 2.24) is 34.7 Å². The maximum absolute atomic E-state index is 13.6. The van der Waals surface area contributed by atoms with Crippen molar-refractivity contribution in [3.8, 4) is 22.5 Å². The van der Waals surface area contributed by atoms with Crippen LogP contribution in [0.25, 0.3) is 22.5 Å². The van der Waals surface area contributed by atoms with E-state index in [1.807, 2.05) is 41.0 Å². The smallest absolute Gasteiger partial charge is 0.289 e. The molecule has 4 aromatic rings. The number of nitrogens with zero attached hydrogens (tertiary/aromatic N) is 6. The fourth-order valence-electron chi connectivity index (χ4n) is 5.37. The van der Waals surface area contributed by atoms with E-state index in [9.17, 15) is 4.79 Å². The first-order chi connectivity index (χ1) is 18.1. The molecule has 1 aliphatic rings. The third-order valence-corrected chi connectivity index (χ3v) is 7.87. The van der Waals surface area contributed by atoms with Crippen molar-refractivity contribution in [1.29, 1.82) is 0 Å². The van der Waals surface area contributed by atoms with Crippen LogP contribution in [-0.4, -0.2) is 34.7 Å². The topological polar surface area (TPSA) is 94.3 Å². The summed E-state index contributed by atoms with van der Waals surface area (Å²) in [7, 11) is 0. The lowest BCUT2D eigenvalue weighted by Gasteiger charge is -2.21. The highest BCUT2D eigenvalue weighted by molar-refractivity contribution is 6.30. The van der Waals surface area contributed by atoms with Gasteiger partial charge in [0.25, 0.3) is 0 Å². The second-order valence-electron chi connectivity index (χ2n) is 10.0. The first kappa shape index (κ1) is 25.4. The number of rotatable bonds is 10. The Kier molecular flexibility index (Phi) is 8.14. The maximum atomic E-state index is 13.6. The molecule has 0 spiro atoms. The third kappa shape index (κ3) is 5.85. The van der Waals surface area contributed by atoms with Gasteiger partial charge in [-0.25, -0.2) is 4.79 Å². The van der Waals surface area contributed by atoms with E-state index < -0.39 is 0 Å². The van der Waals surface area contributed by atoms with Crippen molar-refractivity contribution in [2.24, 2.45) is 5.92 Å². The van der Waals surface area contributed by atoms with E-state index in [-0.39, 0.29) is 5.69 Å². The van der Waals surface area contributed by atoms with Gasteiger partial charge in [-0.1, -0.05) is 75.2 Å². The standard InChI is InChI=1S/C28H34ClN7O/c1-2-3-12-25-26(29)35(16-14-20-8-5-4-6-9-20)28(37)36(25)19-24-18-22(13-15-30-24)21-10-7-11-23(17-21)27-31-33-34-32-27/h7,10-11,13,15,17-18,20H,2-6,8-9,12,14,16,19H2,1H3,(H,31,32,33,34). The number of H-pyrrole nitrogens is 1. The molecule has 0 saturated heterocycles. The summed E-state index contributed by atoms with van der Waals surface area (Å²) in [4.78, 5) is 18.2. The Morgan fingerprint density at radius 2 is 1.86 bits per heavy atom. The average Bonchev–Trinajstić information content (AvgIpc) is 3.55. The molecule has 0 radical (unpaired) electrons. The lowest BCUT2D eigenvalue weighted by atomic mass is 9.87. The van der Waals surface area contributed by atoms with Crippen LogP contribution < -0.4 is 5.69 Å². The number of benzene rings is 1. The van der Waals surface area contributed by atoms with Gasteiger partial charge >= 0.3 is 5.69 Å². The Labute approximate surface area is 222 Å². The van der Waals surface area contributed by atoms with Gasteiger partial charge in [0, 0.05) is 18.3 Å². The molecule has 9 heteroatoms. The summed E-state index contributed by atoms with van der Waals surface area (Å²) in [6, 6.07) is 12.0. The van der Waals surface area contributed by atoms with Crippen molar-refractivity contribution >= 4 is 11.6 Å². The van der Waals surface area contributed by atoms with E-state index in [4.69, 9.17) is 11.6 Å². The van der Waals surface area contributed by atoms with Crippen LogP contribution >= 0.6 is 11.6 Å². The zero-order chi connectivity index (χ0) is 25.6. The zero-order valence-electron chi connectivity index (χ0n) is 21.4. The fourth-order valence-corrected chi connectivity index (χ4v) is 5.72. The van der Waals surface area contributed by atoms with E-state index in [1.54, 1.807) is 10.8 Å². The van der Waals surface area contributed by atoms with Crippen molar-refractivity contribution in [2.45, 2.75) is 77.8 Å². The van der Waals surface area contributed by atoms with Crippen LogP contribution in [0, 0.1) is 5.92 Å². The molecule has 0 bridgehead atoms. The van der Waals surface area contributed by atoms with Crippen LogP contribution in [0.2, 0.25) is 5.15 Å². The molecule has 5 rings (SSSR count). The van der Waals surface area contributed by atoms with Crippen LogP contribution in [0.5, 0.6) is 0 Å². The molecule has 3 heterocycles. The number of hydrogen-bond donors (Lipinski definition) is 1. The number of halogens is 1. The van der Waals surface area contributed by atoms with Crippen molar-refractivity contribution < 1.29 is 0 Å². The molecule has 3 aromatic heterocycles. The van der Waals surface area contributed by atoms with E-state index in [0.29, 0.717) is 30.0 Å². The van der Waals surface area contributed by atoms with Gasteiger partial charge in [-0.15, -0.1) is 10.2 Å². The zero-order valence-corrected chi connectivity index (χ0v) is 22.1. The fraction of sp³-hybridized carbons (Fsp3) is 0.464. The molecule has 0 aliphatic heterocycles. The highest BCUT2D eigenvalue weighted by atomic mass is 35.5. The Morgan fingerprint density at radius 1 is 1.05 bits per heavy atom. The van der Waals surface area contributed by atoms with Crippen LogP contribution in [0.1, 0.15) is 69.7 Å². The molecule has 194 valence electrons. The van der Waals surface area contributed by atoms with Gasteiger partial charge in [-0.05, 0) is 59.7 Å². The molecule has 0 atom stereocenters. The number of tetrazole rings is 1. The maximum Gasteiger partial charge on any atom is 0.329 e. The quantitative estimate of drug-likeness (QED) is 0.281. The SMILES string of the molecule is CCCCc1c(Cl)n(CCC2CCCCC2)c(=O)n1Cc1cc(-c2cccc(-c3nn[nH]n3)c2)ccn1. The summed E-state index contributed by atoms with van der Waals surface area (Å²) in [6.07, 6.45) is 12.1. The second-order valence-corrected chi connectivity index (χ2v) is 10.4. The number of aromatic nitrogens is 7. The Balaban J connectivity index is 1.41. The normalized spacial score (nSPS) is 14.3. The van der Waals surface area contributed by atoms with Gasteiger partial charge in [-0.3, -0.25) is 14.1 Å². The number of unbranched alkanes of at least 4 members (excludes halogenated alkanes) is 1. The summed E-state index contributed by atoms with van der Waals surface area (Å²) >= 11 is 6.85. The molecule has 1 aliphatic carbocycles. The van der Waals surface area contributed by atoms with Gasteiger partial charge in [0.2, 0.25) is 5.82 Å². The Morgan fingerprint density at radius 3 is 2.65 bits per heavy atom. The predicted molar refractivity (Wildman–Crippen MR) is 145 cm³/mol. The number of hydrogen-bond acceptors (Lipinski definition) is 5. The number of imidazole rings is 1. The molecule has 1 aromatic carbocycles. The minimum absolute atomic E-state index is 0.0294. The monoisotopic (exact) mass is 519 g/mol. The van der Waals surface area contributed by atoms with E-state index in [2.05, 4.69) is 32.5 Å². The second kappa shape index (κ2) is 11.9. The van der Waals surface area contributed by atoms with Gasteiger partial charge in [-0.2, -0.15) is 5.21 Å². The molecule has 1 fully saturated rings. The van der Waals surface area contributed by atoms with Crippen LogP contribution in [0.3, 0.4) is 0 Å². The number of aromatic amines is 1. The minimum Gasteiger partial charge on any atom is -0.289 e. The highest BCUT2D eigenvalue weighted by Crippen LogP contribution is 2.28. The van der Waals surface area contributed by atoms with E-state index in [1.165, 1.54) is 32.1 Å². The molecular weight excluding hydrogens is 486 g/mol. The Hall–Kier alpha value is -3.26. The average molecular weight is 520 g/mol. The summed E-state index contributed by atoms with van der Waals surface area (Å²) in [5, 5.41) is 14.9. The molecule has 37 heavy (non-hydrogen) atoms. The van der Waals surface area contributed by atoms with Crippen LogP contribution in [-0.2, 0) is 19.5 Å². The summed E-state index contributed by atoms with van der Waals surface area (Å²) in [6.45, 7) is 3.24. The summed E-state index contributed by atoms with van der Waals surface area (Å²) in [5.41, 5.74) is 4.63. The highest BCUT2D eigenvalue weighted by Gasteiger charge is 2.21. The third-order valence-electron chi connectivity index (χ3n) is 7.45. The first-order valence-corrected chi connectivity index (χ1v) is 13.8. The molecular formula is C28H34ClN7O. The molecule has 1 saturated carbocycles. The molecule has 1 N–H and O–H groups in total. The molecule has 0 amide bonds. The predicted octanol–water partition coefficient (Wildman–Crippen LogP) is 5.91. The lowest BCUT2D eigenvalue weighted by molar-refractivity contribution is 0.322. The largest absolute Gasteiger partial charge is 0.329 e. The van der Waals surface area contributed by atoms with Gasteiger partial charge in [0.15, 0.2) is 0 Å². The van der Waals surface area contributed by atoms with Crippen molar-refractivity contribution in [2.75, 3.05) is 0 Å². The molecule has 8 nitrogen and oxygen atoms in total. The number of nitrogens with one attached hydrogen (secondary N) is 1. The van der Waals surface area contributed by atoms with Gasteiger partial charge < -0.3 is 0 Å². The van der Waals surface area contributed by atoms with E-state index in [0.717, 1.165) is 53.8 Å². The first-order valence-electron chi connectivity index (χ1n) is 13.4. The van der Waals surface area contributed by atoms with Crippen molar-refractivity contribution in [3.63, 3.8) is 0 Å². The van der Waals surface area contributed by atoms with Crippen molar-refractivity contribution in [3.05, 3.63) is 69.6 Å². The lowest BCUT2D eigenvalue weighted by Crippen LogP contribution is -2.27. The summed E-state index contributed by atoms with van der Waals surface area (Å²) in [5.74, 6) is 1.24. The van der Waals surface area contributed by atoms with Crippen LogP contribution in [0.4, 0.5) is 0 Å². The van der Waals surface area contributed by atoms with Gasteiger partial charge in [0.05, 0.1) is 17.9 Å². The summed E-state index contributed by atoms with van der Waals surface area (Å²) < 4.78 is 3.63. The van der Waals surface area contributed by atoms with Crippen LogP contribution in [0.15, 0.2) is 47.4 Å². The van der Waals surface area contributed by atoms with Gasteiger partial charge in [0.1, 0.15) is 5.15 Å².